The Kier molecular flexibility index (Phi) is 6.99. The van der Waals surface area contributed by atoms with Gasteiger partial charge in [-0.05, 0) is 29.3 Å². The van der Waals surface area contributed by atoms with Crippen LogP contribution in [-0.2, 0) is 17.8 Å². The monoisotopic (exact) mass is 451 g/mol. The highest BCUT2D eigenvalue weighted by molar-refractivity contribution is 7.17. The number of thiophene rings is 1. The second kappa shape index (κ2) is 10.1. The Balaban J connectivity index is 1.49. The molecule has 4 rings (SSSR count). The van der Waals surface area contributed by atoms with Gasteiger partial charge in [-0.2, -0.15) is 0 Å². The zero-order valence-electron chi connectivity index (χ0n) is 18.6. The number of unbranched alkanes of at least 4 members (excludes halogenated alkanes) is 2. The van der Waals surface area contributed by atoms with Gasteiger partial charge in [-0.25, -0.2) is 0 Å². The SMILES string of the molecule is CCCCCn1c(=O)c2sccc2n2c(CCC(=O)NC[C@H](C)c3ccccc3)nnc12. The summed E-state index contributed by atoms with van der Waals surface area (Å²) < 4.78 is 4.38. The number of aromatic nitrogens is 4. The van der Waals surface area contributed by atoms with Gasteiger partial charge in [0, 0.05) is 25.9 Å². The van der Waals surface area contributed by atoms with Crippen molar-refractivity contribution in [1.29, 1.82) is 0 Å². The van der Waals surface area contributed by atoms with Crippen molar-refractivity contribution in [2.45, 2.75) is 58.4 Å². The van der Waals surface area contributed by atoms with Crippen molar-refractivity contribution in [3.8, 4) is 0 Å². The first-order valence-electron chi connectivity index (χ1n) is 11.3. The topological polar surface area (TPSA) is 81.3 Å². The van der Waals surface area contributed by atoms with Crippen molar-refractivity contribution in [1.82, 2.24) is 24.5 Å². The molecule has 0 radical (unpaired) electrons. The lowest BCUT2D eigenvalue weighted by Gasteiger charge is -2.13. The zero-order chi connectivity index (χ0) is 22.5. The summed E-state index contributed by atoms with van der Waals surface area (Å²) in [5.74, 6) is 1.50. The number of hydrogen-bond donors (Lipinski definition) is 1. The lowest BCUT2D eigenvalue weighted by molar-refractivity contribution is -0.121. The summed E-state index contributed by atoms with van der Waals surface area (Å²) >= 11 is 1.44. The first-order valence-corrected chi connectivity index (χ1v) is 12.1. The van der Waals surface area contributed by atoms with E-state index in [1.54, 1.807) is 4.57 Å². The molecule has 168 valence electrons. The minimum absolute atomic E-state index is 0.00908. The Labute approximate surface area is 191 Å². The highest BCUT2D eigenvalue weighted by atomic mass is 32.1. The smallest absolute Gasteiger partial charge is 0.272 e. The van der Waals surface area contributed by atoms with Gasteiger partial charge in [0.1, 0.15) is 10.5 Å². The van der Waals surface area contributed by atoms with E-state index in [0.717, 1.165) is 24.8 Å². The number of aryl methyl sites for hydroxylation is 2. The first kappa shape index (κ1) is 22.2. The summed E-state index contributed by atoms with van der Waals surface area (Å²) in [5, 5.41) is 13.6. The highest BCUT2D eigenvalue weighted by Gasteiger charge is 2.18. The molecule has 0 bridgehead atoms. The van der Waals surface area contributed by atoms with Gasteiger partial charge in [-0.3, -0.25) is 18.6 Å². The van der Waals surface area contributed by atoms with Gasteiger partial charge in [0.25, 0.3) is 5.56 Å². The Morgan fingerprint density at radius 1 is 1.16 bits per heavy atom. The highest BCUT2D eigenvalue weighted by Crippen LogP contribution is 2.21. The molecule has 0 fully saturated rings. The summed E-state index contributed by atoms with van der Waals surface area (Å²) in [6.45, 7) is 5.46. The number of hydrogen-bond acceptors (Lipinski definition) is 5. The summed E-state index contributed by atoms with van der Waals surface area (Å²) in [4.78, 5) is 25.5. The number of carbonyl (C=O) groups excluding carboxylic acids is 1. The van der Waals surface area contributed by atoms with Crippen LogP contribution in [0.25, 0.3) is 16.0 Å². The van der Waals surface area contributed by atoms with Crippen molar-refractivity contribution in [3.05, 3.63) is 63.5 Å². The molecule has 1 amide bonds. The normalized spacial score (nSPS) is 12.4. The van der Waals surface area contributed by atoms with Gasteiger partial charge < -0.3 is 5.32 Å². The van der Waals surface area contributed by atoms with Crippen molar-refractivity contribution < 1.29 is 4.79 Å². The lowest BCUT2D eigenvalue weighted by atomic mass is 10.0. The molecule has 1 atom stereocenters. The predicted molar refractivity (Wildman–Crippen MR) is 128 cm³/mol. The number of rotatable bonds is 10. The number of carbonyl (C=O) groups is 1. The van der Waals surface area contributed by atoms with Crippen LogP contribution in [0.4, 0.5) is 0 Å². The van der Waals surface area contributed by atoms with E-state index in [-0.39, 0.29) is 17.4 Å². The third kappa shape index (κ3) is 4.60. The second-order valence-electron chi connectivity index (χ2n) is 8.17. The van der Waals surface area contributed by atoms with E-state index in [1.807, 2.05) is 34.0 Å². The van der Waals surface area contributed by atoms with E-state index in [1.165, 1.54) is 16.9 Å². The molecule has 0 saturated heterocycles. The minimum Gasteiger partial charge on any atom is -0.355 e. The lowest BCUT2D eigenvalue weighted by Crippen LogP contribution is -2.28. The average molecular weight is 452 g/mol. The van der Waals surface area contributed by atoms with E-state index in [0.29, 0.717) is 42.2 Å². The molecular weight excluding hydrogens is 422 g/mol. The van der Waals surface area contributed by atoms with E-state index in [9.17, 15) is 9.59 Å². The predicted octanol–water partition coefficient (Wildman–Crippen LogP) is 4.15. The fraction of sp³-hybridized carbons (Fsp3) is 0.417. The quantitative estimate of drug-likeness (QED) is 0.367. The molecule has 1 N–H and O–H groups in total. The molecule has 3 aromatic heterocycles. The number of benzene rings is 1. The number of fused-ring (bicyclic) bond motifs is 3. The maximum absolute atomic E-state index is 13.0. The number of amides is 1. The van der Waals surface area contributed by atoms with Crippen LogP contribution >= 0.6 is 11.3 Å². The first-order chi connectivity index (χ1) is 15.6. The molecule has 0 spiro atoms. The van der Waals surface area contributed by atoms with E-state index < -0.39 is 0 Å². The van der Waals surface area contributed by atoms with Crippen LogP contribution in [0, 0.1) is 0 Å². The van der Waals surface area contributed by atoms with Crippen LogP contribution < -0.4 is 10.9 Å². The van der Waals surface area contributed by atoms with E-state index in [2.05, 4.69) is 41.5 Å². The molecule has 0 aliphatic rings. The van der Waals surface area contributed by atoms with E-state index >= 15 is 0 Å². The van der Waals surface area contributed by atoms with Gasteiger partial charge in [0.05, 0.1) is 5.52 Å². The standard InChI is InChI=1S/C24H29N5O2S/c1-3-4-8-14-28-23(31)22-19(13-15-32-22)29-20(26-27-24(28)29)11-12-21(30)25-16-17(2)18-9-6-5-7-10-18/h5-7,9-10,13,15,17H,3-4,8,11-12,14,16H2,1-2H3,(H,25,30)/t17-/m0/s1. The van der Waals surface area contributed by atoms with Gasteiger partial charge in [0.2, 0.25) is 11.7 Å². The molecule has 32 heavy (non-hydrogen) atoms. The van der Waals surface area contributed by atoms with Gasteiger partial charge >= 0.3 is 0 Å². The zero-order valence-corrected chi connectivity index (χ0v) is 19.4. The van der Waals surface area contributed by atoms with Crippen LogP contribution in [-0.4, -0.2) is 31.6 Å². The largest absolute Gasteiger partial charge is 0.355 e. The van der Waals surface area contributed by atoms with Gasteiger partial charge in [-0.15, -0.1) is 21.5 Å². The Morgan fingerprint density at radius 2 is 1.97 bits per heavy atom. The summed E-state index contributed by atoms with van der Waals surface area (Å²) in [6, 6.07) is 12.1. The molecule has 4 aromatic rings. The molecule has 8 heteroatoms. The molecule has 1 aromatic carbocycles. The fourth-order valence-corrected chi connectivity index (χ4v) is 4.77. The summed E-state index contributed by atoms with van der Waals surface area (Å²) in [5.41, 5.74) is 2.02. The maximum atomic E-state index is 13.0. The second-order valence-corrected chi connectivity index (χ2v) is 9.08. The van der Waals surface area contributed by atoms with Crippen LogP contribution in [0.3, 0.4) is 0 Å². The summed E-state index contributed by atoms with van der Waals surface area (Å²) in [6.07, 6.45) is 3.85. The molecule has 0 aliphatic heterocycles. The molecule has 0 aliphatic carbocycles. The third-order valence-corrected chi connectivity index (χ3v) is 6.71. The van der Waals surface area contributed by atoms with Crippen molar-refractivity contribution in [3.63, 3.8) is 0 Å². The van der Waals surface area contributed by atoms with Crippen LogP contribution in [0.15, 0.2) is 46.6 Å². The Morgan fingerprint density at radius 3 is 2.75 bits per heavy atom. The van der Waals surface area contributed by atoms with Gasteiger partial charge in [0.15, 0.2) is 0 Å². The molecule has 7 nitrogen and oxygen atoms in total. The van der Waals surface area contributed by atoms with Crippen LogP contribution in [0.2, 0.25) is 0 Å². The van der Waals surface area contributed by atoms with Crippen LogP contribution in [0.5, 0.6) is 0 Å². The van der Waals surface area contributed by atoms with Crippen LogP contribution in [0.1, 0.15) is 56.8 Å². The maximum Gasteiger partial charge on any atom is 0.272 e. The minimum atomic E-state index is -0.0117. The van der Waals surface area contributed by atoms with E-state index in [4.69, 9.17) is 0 Å². The number of nitrogens with one attached hydrogen (secondary N) is 1. The summed E-state index contributed by atoms with van der Waals surface area (Å²) in [7, 11) is 0. The molecule has 3 heterocycles. The molecular formula is C24H29N5O2S. The molecule has 0 unspecified atom stereocenters. The van der Waals surface area contributed by atoms with Crippen molar-refractivity contribution >= 4 is 33.2 Å². The Hall–Kier alpha value is -3.00. The number of nitrogens with zero attached hydrogens (tertiary/aromatic N) is 4. The van der Waals surface area contributed by atoms with Crippen molar-refractivity contribution in [2.75, 3.05) is 6.54 Å². The third-order valence-electron chi connectivity index (χ3n) is 5.81. The Bertz CT molecular complexity index is 1260. The van der Waals surface area contributed by atoms with Crippen molar-refractivity contribution in [2.24, 2.45) is 0 Å². The fourth-order valence-electron chi connectivity index (χ4n) is 3.94. The average Bonchev–Trinajstić information content (AvgIpc) is 3.46. The van der Waals surface area contributed by atoms with Gasteiger partial charge in [-0.1, -0.05) is 57.0 Å². The molecule has 0 saturated carbocycles.